The summed E-state index contributed by atoms with van der Waals surface area (Å²) in [5.41, 5.74) is 0.911. The van der Waals surface area contributed by atoms with Crippen molar-refractivity contribution in [2.24, 2.45) is 23.7 Å². The highest BCUT2D eigenvalue weighted by Crippen LogP contribution is 2.57. The van der Waals surface area contributed by atoms with Gasteiger partial charge in [0.1, 0.15) is 8.24 Å². The predicted octanol–water partition coefficient (Wildman–Crippen LogP) is 3.89. The zero-order valence-corrected chi connectivity index (χ0v) is 16.5. The minimum absolute atomic E-state index is 0.797. The molecule has 0 radical (unpaired) electrons. The fourth-order valence-electron chi connectivity index (χ4n) is 6.23. The number of hydrogen-bond donors (Lipinski definition) is 2. The molecule has 1 heterocycles. The van der Waals surface area contributed by atoms with E-state index in [1.54, 1.807) is 0 Å². The number of allylic oxidation sites excluding steroid dienone is 4. The molecule has 0 aromatic heterocycles. The van der Waals surface area contributed by atoms with Crippen LogP contribution < -0.4 is 10.6 Å². The molecule has 4 atom stereocenters. The molecule has 4 unspecified atom stereocenters. The quantitative estimate of drug-likeness (QED) is 0.760. The summed E-state index contributed by atoms with van der Waals surface area (Å²) in [6.07, 6.45) is 18.6. The molecular weight excluding hydrogens is 310 g/mol. The lowest BCUT2D eigenvalue weighted by Crippen LogP contribution is -2.63. The summed E-state index contributed by atoms with van der Waals surface area (Å²) in [7, 11) is -1.50. The van der Waals surface area contributed by atoms with Crippen LogP contribution in [0.15, 0.2) is 24.3 Å². The molecule has 4 aliphatic rings. The van der Waals surface area contributed by atoms with Crippen LogP contribution in [0.3, 0.4) is 0 Å². The van der Waals surface area contributed by atoms with Gasteiger partial charge in [-0.1, -0.05) is 69.5 Å². The van der Waals surface area contributed by atoms with Gasteiger partial charge in [-0.15, -0.1) is 0 Å². The molecule has 3 aliphatic carbocycles. The van der Waals surface area contributed by atoms with Crippen molar-refractivity contribution >= 4 is 8.24 Å². The zero-order valence-electron chi connectivity index (χ0n) is 15.5. The van der Waals surface area contributed by atoms with E-state index in [0.29, 0.717) is 0 Å². The Hall–Kier alpha value is -0.423. The van der Waals surface area contributed by atoms with Crippen molar-refractivity contribution in [2.75, 3.05) is 20.0 Å². The first-order valence-corrected chi connectivity index (χ1v) is 13.2. The lowest BCUT2D eigenvalue weighted by molar-refractivity contribution is 0.229. The smallest absolute Gasteiger partial charge is 0.129 e. The maximum Gasteiger partial charge on any atom is 0.129 e. The van der Waals surface area contributed by atoms with Crippen LogP contribution in [0.5, 0.6) is 0 Å². The van der Waals surface area contributed by atoms with Crippen molar-refractivity contribution < 1.29 is 0 Å². The first-order chi connectivity index (χ1) is 11.7. The van der Waals surface area contributed by atoms with Crippen LogP contribution in [-0.4, -0.2) is 32.8 Å². The molecule has 24 heavy (non-hydrogen) atoms. The molecule has 2 saturated carbocycles. The Balaban J connectivity index is 1.62. The molecule has 1 aliphatic heterocycles. The van der Waals surface area contributed by atoms with Crippen molar-refractivity contribution in [1.82, 2.24) is 15.2 Å². The Morgan fingerprint density at radius 1 is 0.958 bits per heavy atom. The van der Waals surface area contributed by atoms with Crippen molar-refractivity contribution in [2.45, 2.75) is 57.2 Å². The van der Waals surface area contributed by atoms with E-state index < -0.39 is 8.24 Å². The number of rotatable bonds is 3. The molecule has 0 spiro atoms. The Labute approximate surface area is 149 Å². The predicted molar refractivity (Wildman–Crippen MR) is 104 cm³/mol. The van der Waals surface area contributed by atoms with E-state index >= 15 is 0 Å². The second-order valence-corrected chi connectivity index (χ2v) is 13.6. The number of fused-ring (bicyclic) bond motifs is 1. The average molecular weight is 346 g/mol. The topological polar surface area (TPSA) is 27.3 Å². The molecule has 134 valence electrons. The summed E-state index contributed by atoms with van der Waals surface area (Å²) in [4.78, 5) is 0. The highest BCUT2D eigenvalue weighted by atomic mass is 28.3. The fraction of sp³-hybridized carbons (Fsp3) is 0.800. The van der Waals surface area contributed by atoms with Gasteiger partial charge < -0.3 is 0 Å². The van der Waals surface area contributed by atoms with Gasteiger partial charge in [-0.3, -0.25) is 15.2 Å². The number of nitrogens with one attached hydrogen (secondary N) is 2. The van der Waals surface area contributed by atoms with Gasteiger partial charge in [0, 0.05) is 20.0 Å². The third-order valence-corrected chi connectivity index (χ3v) is 11.8. The van der Waals surface area contributed by atoms with E-state index in [0.717, 1.165) is 49.2 Å². The van der Waals surface area contributed by atoms with Crippen LogP contribution >= 0.6 is 0 Å². The van der Waals surface area contributed by atoms with Crippen LogP contribution in [0.25, 0.3) is 0 Å². The maximum absolute atomic E-state index is 3.55. The molecule has 0 aromatic carbocycles. The van der Waals surface area contributed by atoms with Gasteiger partial charge in [0.25, 0.3) is 0 Å². The summed E-state index contributed by atoms with van der Waals surface area (Å²) in [6.45, 7) is 8.42. The lowest BCUT2D eigenvalue weighted by atomic mass is 9.78. The number of nitrogens with zero attached hydrogens (tertiary/aromatic N) is 1. The van der Waals surface area contributed by atoms with Crippen molar-refractivity contribution in [3.05, 3.63) is 24.3 Å². The largest absolute Gasteiger partial charge is 0.299 e. The van der Waals surface area contributed by atoms with E-state index in [-0.39, 0.29) is 0 Å². The minimum Gasteiger partial charge on any atom is -0.299 e. The normalized spacial score (nSPS) is 38.4. The van der Waals surface area contributed by atoms with Gasteiger partial charge in [-0.05, 0) is 35.6 Å². The van der Waals surface area contributed by atoms with E-state index in [1.807, 2.05) is 0 Å². The Kier molecular flexibility index (Phi) is 5.01. The molecule has 0 bridgehead atoms. The number of hydrogen-bond acceptors (Lipinski definition) is 3. The molecule has 2 N–H and O–H groups in total. The third kappa shape index (κ3) is 3.07. The van der Waals surface area contributed by atoms with Crippen molar-refractivity contribution in [3.63, 3.8) is 0 Å². The highest BCUT2D eigenvalue weighted by Gasteiger charge is 2.53. The molecular formula is C20H35N3Si. The van der Waals surface area contributed by atoms with E-state index in [1.165, 1.54) is 38.5 Å². The lowest BCUT2D eigenvalue weighted by Gasteiger charge is -2.48. The first kappa shape index (κ1) is 17.0. The van der Waals surface area contributed by atoms with Crippen LogP contribution in [0.4, 0.5) is 0 Å². The highest BCUT2D eigenvalue weighted by molar-refractivity contribution is 6.76. The second-order valence-electron chi connectivity index (χ2n) is 9.02. The van der Waals surface area contributed by atoms with Gasteiger partial charge in [-0.2, -0.15) is 0 Å². The van der Waals surface area contributed by atoms with Gasteiger partial charge in [0.05, 0.1) is 0 Å². The van der Waals surface area contributed by atoms with Gasteiger partial charge >= 0.3 is 0 Å². The van der Waals surface area contributed by atoms with Crippen LogP contribution in [-0.2, 0) is 0 Å². The Bertz CT molecular complexity index is 489. The first-order valence-electron chi connectivity index (χ1n) is 10.2. The van der Waals surface area contributed by atoms with Crippen molar-refractivity contribution in [3.8, 4) is 0 Å². The monoisotopic (exact) mass is 345 g/mol. The molecule has 0 aromatic rings. The van der Waals surface area contributed by atoms with Crippen LogP contribution in [0.1, 0.15) is 38.5 Å². The summed E-state index contributed by atoms with van der Waals surface area (Å²) in [5, 5.41) is 7.10. The average Bonchev–Trinajstić information content (AvgIpc) is 3.03. The van der Waals surface area contributed by atoms with Crippen LogP contribution in [0.2, 0.25) is 18.6 Å². The van der Waals surface area contributed by atoms with Gasteiger partial charge in [-0.25, -0.2) is 0 Å². The Morgan fingerprint density at radius 3 is 2.42 bits per heavy atom. The third-order valence-electron chi connectivity index (χ3n) is 7.46. The molecule has 3 nitrogen and oxygen atoms in total. The van der Waals surface area contributed by atoms with E-state index in [2.05, 4.69) is 52.6 Å². The summed E-state index contributed by atoms with van der Waals surface area (Å²) < 4.78 is 2.78. The van der Waals surface area contributed by atoms with Gasteiger partial charge in [0.15, 0.2) is 0 Å². The molecule has 3 fully saturated rings. The van der Waals surface area contributed by atoms with E-state index in [9.17, 15) is 0 Å². The standard InChI is InChI=1S/C20H35N3Si/c1-24(2,23-14-21-13-22-15-23)20-18-11-7-6-10-17(18)12-19(20)16-8-4-3-5-9-16/h6-7,10-11,16-22H,3-5,8-9,12-15H2,1-2H3. The molecule has 4 rings (SSSR count). The molecule has 0 amide bonds. The Morgan fingerprint density at radius 2 is 1.67 bits per heavy atom. The molecule has 4 heteroatoms. The maximum atomic E-state index is 3.55. The second kappa shape index (κ2) is 7.06. The zero-order chi connectivity index (χ0) is 16.6. The summed E-state index contributed by atoms with van der Waals surface area (Å²) >= 11 is 0. The molecule has 1 saturated heterocycles. The van der Waals surface area contributed by atoms with Crippen molar-refractivity contribution in [1.29, 1.82) is 0 Å². The minimum atomic E-state index is -1.50. The fourth-order valence-corrected chi connectivity index (χ4v) is 10.4. The SMILES string of the molecule is C[Si](C)(C1C2C=CC=CC2CC1C1CCCCC1)N1CNCNC1. The van der Waals surface area contributed by atoms with Crippen LogP contribution in [0, 0.1) is 23.7 Å². The summed E-state index contributed by atoms with van der Waals surface area (Å²) in [5.74, 6) is 3.56. The van der Waals surface area contributed by atoms with E-state index in [4.69, 9.17) is 0 Å². The summed E-state index contributed by atoms with van der Waals surface area (Å²) in [6, 6.07) is 0. The van der Waals surface area contributed by atoms with Gasteiger partial charge in [0.2, 0.25) is 0 Å².